The van der Waals surface area contributed by atoms with Crippen molar-refractivity contribution >= 4 is 9.84 Å². The second kappa shape index (κ2) is 5.30. The molecule has 1 fully saturated rings. The van der Waals surface area contributed by atoms with Gasteiger partial charge in [-0.05, 0) is 18.1 Å². The quantitative estimate of drug-likeness (QED) is 0.856. The summed E-state index contributed by atoms with van der Waals surface area (Å²) < 4.78 is 28.3. The minimum Gasteiger partial charge on any atom is -0.334 e. The lowest BCUT2D eigenvalue weighted by Gasteiger charge is -2.01. The Balaban J connectivity index is 1.91. The van der Waals surface area contributed by atoms with Gasteiger partial charge < -0.3 is 4.52 Å². The highest BCUT2D eigenvalue weighted by atomic mass is 32.2. The van der Waals surface area contributed by atoms with Gasteiger partial charge in [-0.3, -0.25) is 0 Å². The van der Waals surface area contributed by atoms with E-state index in [1.54, 1.807) is 0 Å². The molecule has 1 atom stereocenters. The third-order valence-electron chi connectivity index (χ3n) is 3.56. The predicted molar refractivity (Wildman–Crippen MR) is 75.1 cm³/mol. The molecule has 1 aliphatic heterocycles. The molecule has 0 saturated carbocycles. The Morgan fingerprint density at radius 1 is 1.38 bits per heavy atom. The summed E-state index contributed by atoms with van der Waals surface area (Å²) in [5, 5.41) is 12.8. The Morgan fingerprint density at radius 2 is 2.19 bits per heavy atom. The highest BCUT2D eigenvalue weighted by Crippen LogP contribution is 2.29. The first kappa shape index (κ1) is 13.8. The number of rotatable bonds is 3. The van der Waals surface area contributed by atoms with Crippen LogP contribution in [0.3, 0.4) is 0 Å². The molecular weight excluding hydrogens is 290 g/mol. The van der Waals surface area contributed by atoms with E-state index in [2.05, 4.69) is 16.2 Å². The van der Waals surface area contributed by atoms with Gasteiger partial charge in [0.25, 0.3) is 5.89 Å². The molecule has 0 spiro atoms. The van der Waals surface area contributed by atoms with Crippen molar-refractivity contribution in [3.8, 4) is 17.5 Å². The van der Waals surface area contributed by atoms with Crippen molar-refractivity contribution < 1.29 is 12.9 Å². The van der Waals surface area contributed by atoms with E-state index in [9.17, 15) is 8.42 Å². The van der Waals surface area contributed by atoms with E-state index in [0.717, 1.165) is 11.1 Å². The molecule has 0 radical (unpaired) electrons. The molecule has 0 N–H and O–H groups in total. The van der Waals surface area contributed by atoms with Gasteiger partial charge in [-0.1, -0.05) is 23.4 Å². The number of sulfone groups is 1. The van der Waals surface area contributed by atoms with Gasteiger partial charge in [0.1, 0.15) is 0 Å². The molecule has 0 amide bonds. The van der Waals surface area contributed by atoms with Crippen molar-refractivity contribution in [1.82, 2.24) is 10.1 Å². The van der Waals surface area contributed by atoms with Crippen LogP contribution in [0.2, 0.25) is 0 Å². The van der Waals surface area contributed by atoms with Gasteiger partial charge in [-0.15, -0.1) is 0 Å². The van der Waals surface area contributed by atoms with Crippen LogP contribution in [0, 0.1) is 11.3 Å². The van der Waals surface area contributed by atoms with Crippen molar-refractivity contribution in [2.45, 2.75) is 18.8 Å². The van der Waals surface area contributed by atoms with Crippen LogP contribution in [0.1, 0.15) is 23.7 Å². The van der Waals surface area contributed by atoms with Gasteiger partial charge in [0.15, 0.2) is 15.7 Å². The van der Waals surface area contributed by atoms with Gasteiger partial charge in [0.2, 0.25) is 0 Å². The van der Waals surface area contributed by atoms with E-state index in [4.69, 9.17) is 9.78 Å². The first-order valence-electron chi connectivity index (χ1n) is 6.58. The SMILES string of the molecule is N#CCc1ccccc1-c1nc(C2CCS(=O)(=O)C2)no1. The van der Waals surface area contributed by atoms with Crippen LogP contribution in [0.15, 0.2) is 28.8 Å². The summed E-state index contributed by atoms with van der Waals surface area (Å²) in [6.45, 7) is 0. The first-order valence-corrected chi connectivity index (χ1v) is 8.40. The third kappa shape index (κ3) is 2.81. The van der Waals surface area contributed by atoms with Crippen LogP contribution in [0.4, 0.5) is 0 Å². The van der Waals surface area contributed by atoms with Gasteiger partial charge in [0.05, 0.1) is 24.0 Å². The molecule has 1 aromatic carbocycles. The molecule has 2 aromatic rings. The van der Waals surface area contributed by atoms with Gasteiger partial charge in [-0.25, -0.2) is 8.42 Å². The molecule has 7 heteroatoms. The van der Waals surface area contributed by atoms with Crippen LogP contribution >= 0.6 is 0 Å². The predicted octanol–water partition coefficient (Wildman–Crippen LogP) is 1.70. The van der Waals surface area contributed by atoms with Crippen LogP contribution in [-0.4, -0.2) is 30.1 Å². The minimum atomic E-state index is -2.98. The summed E-state index contributed by atoms with van der Waals surface area (Å²) in [7, 11) is -2.98. The Hall–Kier alpha value is -2.20. The number of nitriles is 1. The largest absolute Gasteiger partial charge is 0.334 e. The van der Waals surface area contributed by atoms with Gasteiger partial charge in [-0.2, -0.15) is 10.2 Å². The maximum atomic E-state index is 11.5. The molecule has 1 unspecified atom stereocenters. The Morgan fingerprint density at radius 3 is 2.90 bits per heavy atom. The zero-order valence-electron chi connectivity index (χ0n) is 11.2. The number of aromatic nitrogens is 2. The normalized spacial score (nSPS) is 20.2. The van der Waals surface area contributed by atoms with Gasteiger partial charge >= 0.3 is 0 Å². The number of nitrogens with zero attached hydrogens (tertiary/aromatic N) is 3. The minimum absolute atomic E-state index is 0.0752. The Kier molecular flexibility index (Phi) is 3.47. The second-order valence-corrected chi connectivity index (χ2v) is 7.28. The number of hydrogen-bond acceptors (Lipinski definition) is 6. The summed E-state index contributed by atoms with van der Waals surface area (Å²) in [6, 6.07) is 9.43. The molecule has 108 valence electrons. The fraction of sp³-hybridized carbons (Fsp3) is 0.357. The topological polar surface area (TPSA) is 96.8 Å². The molecule has 6 nitrogen and oxygen atoms in total. The van der Waals surface area contributed by atoms with Crippen LogP contribution in [0.25, 0.3) is 11.5 Å². The average molecular weight is 303 g/mol. The van der Waals surface area contributed by atoms with Crippen molar-refractivity contribution in [2.75, 3.05) is 11.5 Å². The summed E-state index contributed by atoms with van der Waals surface area (Å²) in [5.74, 6) is 0.812. The smallest absolute Gasteiger partial charge is 0.258 e. The Bertz CT molecular complexity index is 805. The van der Waals surface area contributed by atoms with Crippen molar-refractivity contribution in [2.24, 2.45) is 0 Å². The second-order valence-electron chi connectivity index (χ2n) is 5.05. The number of benzene rings is 1. The molecule has 21 heavy (non-hydrogen) atoms. The van der Waals surface area contributed by atoms with Crippen molar-refractivity contribution in [3.63, 3.8) is 0 Å². The van der Waals surface area contributed by atoms with Crippen LogP contribution in [0.5, 0.6) is 0 Å². The first-order chi connectivity index (χ1) is 10.1. The summed E-state index contributed by atoms with van der Waals surface area (Å²) in [6.07, 6.45) is 0.785. The lowest BCUT2D eigenvalue weighted by molar-refractivity contribution is 0.417. The monoisotopic (exact) mass is 303 g/mol. The van der Waals surface area contributed by atoms with Crippen LogP contribution in [-0.2, 0) is 16.3 Å². The van der Waals surface area contributed by atoms with E-state index in [1.807, 2.05) is 24.3 Å². The lowest BCUT2D eigenvalue weighted by Crippen LogP contribution is -2.05. The average Bonchev–Trinajstić information content (AvgIpc) is 3.06. The maximum absolute atomic E-state index is 11.5. The molecule has 1 aromatic heterocycles. The zero-order chi connectivity index (χ0) is 14.9. The van der Waals surface area contributed by atoms with Gasteiger partial charge in [0, 0.05) is 11.5 Å². The summed E-state index contributed by atoms with van der Waals surface area (Å²) in [4.78, 5) is 4.32. The fourth-order valence-corrected chi connectivity index (χ4v) is 4.22. The standard InChI is InChI=1S/C14H13N3O3S/c15-7-5-10-3-1-2-4-12(10)14-16-13(17-20-14)11-6-8-21(18,19)9-11/h1-4,11H,5-6,8-9H2. The third-order valence-corrected chi connectivity index (χ3v) is 5.32. The molecular formula is C14H13N3O3S. The summed E-state index contributed by atoms with van der Waals surface area (Å²) in [5.41, 5.74) is 1.54. The molecule has 3 rings (SSSR count). The Labute approximate surface area is 122 Å². The molecule has 1 saturated heterocycles. The number of hydrogen-bond donors (Lipinski definition) is 0. The molecule has 0 aliphatic carbocycles. The highest BCUT2D eigenvalue weighted by molar-refractivity contribution is 7.91. The van der Waals surface area contributed by atoms with E-state index in [0.29, 0.717) is 18.1 Å². The van der Waals surface area contributed by atoms with E-state index in [-0.39, 0.29) is 23.8 Å². The van der Waals surface area contributed by atoms with Crippen molar-refractivity contribution in [3.05, 3.63) is 35.7 Å². The lowest BCUT2D eigenvalue weighted by atomic mass is 10.1. The maximum Gasteiger partial charge on any atom is 0.258 e. The molecule has 1 aliphatic rings. The van der Waals surface area contributed by atoms with E-state index in [1.165, 1.54) is 0 Å². The van der Waals surface area contributed by atoms with E-state index < -0.39 is 9.84 Å². The molecule has 2 heterocycles. The highest BCUT2D eigenvalue weighted by Gasteiger charge is 2.32. The van der Waals surface area contributed by atoms with Crippen LogP contribution < -0.4 is 0 Å². The summed E-state index contributed by atoms with van der Waals surface area (Å²) >= 11 is 0. The zero-order valence-corrected chi connectivity index (χ0v) is 12.0. The van der Waals surface area contributed by atoms with Crippen molar-refractivity contribution in [1.29, 1.82) is 5.26 Å². The molecule has 0 bridgehead atoms. The van der Waals surface area contributed by atoms with E-state index >= 15 is 0 Å². The fourth-order valence-electron chi connectivity index (χ4n) is 2.48.